The van der Waals surface area contributed by atoms with Gasteiger partial charge in [0, 0.05) is 32.4 Å². The fourth-order valence-corrected chi connectivity index (χ4v) is 4.34. The second-order valence-corrected chi connectivity index (χ2v) is 10.5. The Kier molecular flexibility index (Phi) is 7.55. The molecule has 0 aliphatic carbocycles. The number of carbonyl (C=O) groups excluding carboxylic acids is 2. The molecule has 0 unspecified atom stereocenters. The number of nitrogens with one attached hydrogen (secondary N) is 1. The molecule has 1 aromatic carbocycles. The van der Waals surface area contributed by atoms with Gasteiger partial charge in [0.2, 0.25) is 5.91 Å². The minimum atomic E-state index is -3.39. The third kappa shape index (κ3) is 6.06. The molecule has 12 heteroatoms. The number of halogens is 1. The summed E-state index contributed by atoms with van der Waals surface area (Å²) in [5.41, 5.74) is 0.766. The summed E-state index contributed by atoms with van der Waals surface area (Å²) in [5.74, 6) is -1.46. The summed E-state index contributed by atoms with van der Waals surface area (Å²) in [4.78, 5) is 29.6. The van der Waals surface area contributed by atoms with E-state index in [2.05, 4.69) is 5.32 Å². The Hall–Kier alpha value is -2.47. The zero-order valence-electron chi connectivity index (χ0n) is 18.0. The van der Waals surface area contributed by atoms with Crippen molar-refractivity contribution in [2.45, 2.75) is 19.4 Å². The van der Waals surface area contributed by atoms with Crippen LogP contribution in [0.5, 0.6) is 0 Å². The summed E-state index contributed by atoms with van der Waals surface area (Å²) in [6.45, 7) is 3.99. The van der Waals surface area contributed by atoms with Gasteiger partial charge in [-0.05, 0) is 24.6 Å². The first-order valence-corrected chi connectivity index (χ1v) is 12.8. The molecule has 32 heavy (non-hydrogen) atoms. The number of carbonyl (C=O) groups is 2. The number of thiocarbonyl (C=S) groups is 1. The molecule has 3 rings (SSSR count). The summed E-state index contributed by atoms with van der Waals surface area (Å²) in [6, 6.07) is 4.56. The maximum atomic E-state index is 14.9. The Bertz CT molecular complexity index is 996. The second kappa shape index (κ2) is 9.99. The van der Waals surface area contributed by atoms with Gasteiger partial charge in [-0.2, -0.15) is 0 Å². The van der Waals surface area contributed by atoms with Gasteiger partial charge >= 0.3 is 6.09 Å². The monoisotopic (exact) mass is 486 g/mol. The van der Waals surface area contributed by atoms with Gasteiger partial charge in [0.05, 0.1) is 29.5 Å². The van der Waals surface area contributed by atoms with Crippen LogP contribution in [0, 0.1) is 5.82 Å². The van der Waals surface area contributed by atoms with Gasteiger partial charge in [-0.15, -0.1) is 0 Å². The predicted molar refractivity (Wildman–Crippen MR) is 123 cm³/mol. The summed E-state index contributed by atoms with van der Waals surface area (Å²) >= 11 is 5.11. The highest BCUT2D eigenvalue weighted by atomic mass is 32.2. The predicted octanol–water partition coefficient (Wildman–Crippen LogP) is 1.17. The Morgan fingerprint density at radius 3 is 2.56 bits per heavy atom. The number of amides is 2. The second-order valence-electron chi connectivity index (χ2n) is 7.85. The molecule has 9 nitrogen and oxygen atoms in total. The Morgan fingerprint density at radius 1 is 1.28 bits per heavy atom. The van der Waals surface area contributed by atoms with Crippen molar-refractivity contribution in [3.05, 3.63) is 24.0 Å². The van der Waals surface area contributed by atoms with Crippen molar-refractivity contribution in [1.82, 2.24) is 10.2 Å². The number of cyclic esters (lactones) is 1. The lowest BCUT2D eigenvalue weighted by molar-refractivity contribution is -0.128. The number of nitrogens with zero attached hydrogens (tertiary/aromatic N) is 3. The van der Waals surface area contributed by atoms with E-state index in [0.717, 1.165) is 6.26 Å². The van der Waals surface area contributed by atoms with Crippen LogP contribution in [0.25, 0.3) is 0 Å². The average Bonchev–Trinajstić information content (AvgIpc) is 3.11. The van der Waals surface area contributed by atoms with Crippen molar-refractivity contribution in [3.63, 3.8) is 0 Å². The normalized spacial score (nSPS) is 19.2. The van der Waals surface area contributed by atoms with E-state index in [4.69, 9.17) is 17.0 Å². The van der Waals surface area contributed by atoms with Crippen LogP contribution in [0.15, 0.2) is 18.2 Å². The van der Waals surface area contributed by atoms with Crippen molar-refractivity contribution >= 4 is 50.4 Å². The van der Waals surface area contributed by atoms with Gasteiger partial charge in [-0.25, -0.2) is 17.6 Å². The number of benzene rings is 1. The minimum absolute atomic E-state index is 0.290. The van der Waals surface area contributed by atoms with Gasteiger partial charge in [0.25, 0.3) is 0 Å². The Balaban J connectivity index is 1.59. The van der Waals surface area contributed by atoms with E-state index in [1.54, 1.807) is 17.0 Å². The highest BCUT2D eigenvalue weighted by molar-refractivity contribution is 7.91. The molecule has 1 aromatic rings. The van der Waals surface area contributed by atoms with E-state index in [9.17, 15) is 22.4 Å². The molecule has 176 valence electrons. The molecular weight excluding hydrogens is 459 g/mol. The average molecular weight is 487 g/mol. The first-order valence-electron chi connectivity index (χ1n) is 10.3. The highest BCUT2D eigenvalue weighted by Crippen LogP contribution is 2.28. The summed E-state index contributed by atoms with van der Waals surface area (Å²) in [5, 5.41) is 3.04. The van der Waals surface area contributed by atoms with Gasteiger partial charge in [0.1, 0.15) is 17.7 Å². The van der Waals surface area contributed by atoms with E-state index >= 15 is 0 Å². The molecule has 0 spiro atoms. The van der Waals surface area contributed by atoms with Crippen molar-refractivity contribution in [3.8, 4) is 0 Å². The molecule has 0 aromatic heterocycles. The summed E-state index contributed by atoms with van der Waals surface area (Å²) < 4.78 is 42.9. The SMILES string of the molecule is CCC(=S)NC[C@H]1CN(c2ccc(N3CCN(C(=O)CS(C)(=O)=O)CC3)c(F)c2)C(=O)O1. The minimum Gasteiger partial charge on any atom is -0.442 e. The molecule has 0 bridgehead atoms. The van der Waals surface area contributed by atoms with E-state index in [-0.39, 0.29) is 12.6 Å². The molecule has 0 radical (unpaired) electrons. The van der Waals surface area contributed by atoms with Gasteiger partial charge in [-0.3, -0.25) is 9.69 Å². The molecule has 2 saturated heterocycles. The summed E-state index contributed by atoms with van der Waals surface area (Å²) in [6.07, 6.45) is 0.802. The Morgan fingerprint density at radius 2 is 1.97 bits per heavy atom. The molecule has 2 amide bonds. The van der Waals surface area contributed by atoms with Crippen molar-refractivity contribution in [2.24, 2.45) is 0 Å². The zero-order chi connectivity index (χ0) is 23.5. The van der Waals surface area contributed by atoms with Crippen LogP contribution in [-0.2, 0) is 19.4 Å². The van der Waals surface area contributed by atoms with Crippen LogP contribution in [0.3, 0.4) is 0 Å². The topological polar surface area (TPSA) is 99.3 Å². The van der Waals surface area contributed by atoms with E-state index in [1.165, 1.54) is 15.9 Å². The maximum absolute atomic E-state index is 14.9. The van der Waals surface area contributed by atoms with Crippen LogP contribution < -0.4 is 15.1 Å². The third-order valence-electron chi connectivity index (χ3n) is 5.32. The first-order chi connectivity index (χ1) is 15.1. The Labute approximate surface area is 192 Å². The van der Waals surface area contributed by atoms with Crippen LogP contribution in [0.2, 0.25) is 0 Å². The van der Waals surface area contributed by atoms with Crippen molar-refractivity contribution < 1.29 is 27.1 Å². The fourth-order valence-electron chi connectivity index (χ4n) is 3.62. The lowest BCUT2D eigenvalue weighted by atomic mass is 10.2. The van der Waals surface area contributed by atoms with Gasteiger partial charge < -0.3 is 19.9 Å². The number of hydrogen-bond donors (Lipinski definition) is 1. The molecule has 2 heterocycles. The van der Waals surface area contributed by atoms with Crippen molar-refractivity contribution in [1.29, 1.82) is 0 Å². The molecule has 2 aliphatic heterocycles. The van der Waals surface area contributed by atoms with E-state index in [1.807, 2.05) is 6.92 Å². The first kappa shape index (κ1) is 24.2. The number of sulfone groups is 1. The quantitative estimate of drug-likeness (QED) is 0.574. The molecule has 1 atom stereocenters. The molecular formula is C20H27FN4O5S2. The van der Waals surface area contributed by atoms with E-state index in [0.29, 0.717) is 55.5 Å². The number of rotatable bonds is 7. The zero-order valence-corrected chi connectivity index (χ0v) is 19.7. The van der Waals surface area contributed by atoms with Crippen LogP contribution >= 0.6 is 12.2 Å². The third-order valence-corrected chi connectivity index (χ3v) is 6.53. The van der Waals surface area contributed by atoms with Crippen LogP contribution in [0.4, 0.5) is 20.6 Å². The molecule has 0 saturated carbocycles. The lowest BCUT2D eigenvalue weighted by Crippen LogP contribution is -2.50. The molecule has 1 N–H and O–H groups in total. The molecule has 2 aliphatic rings. The number of anilines is 2. The van der Waals surface area contributed by atoms with Crippen molar-refractivity contribution in [2.75, 3.05) is 61.1 Å². The van der Waals surface area contributed by atoms with Crippen LogP contribution in [0.1, 0.15) is 13.3 Å². The van der Waals surface area contributed by atoms with Crippen LogP contribution in [-0.4, -0.2) is 87.7 Å². The van der Waals surface area contributed by atoms with E-state index < -0.39 is 33.4 Å². The highest BCUT2D eigenvalue weighted by Gasteiger charge is 2.33. The summed E-state index contributed by atoms with van der Waals surface area (Å²) in [7, 11) is -3.39. The fraction of sp³-hybridized carbons (Fsp3) is 0.550. The lowest BCUT2D eigenvalue weighted by Gasteiger charge is -2.36. The smallest absolute Gasteiger partial charge is 0.414 e. The maximum Gasteiger partial charge on any atom is 0.414 e. The number of piperazine rings is 1. The van der Waals surface area contributed by atoms with Gasteiger partial charge in [0.15, 0.2) is 9.84 Å². The standard InChI is InChI=1S/C20H27FN4O5S2/c1-3-18(31)22-11-15-12-25(20(27)30-15)14-4-5-17(16(21)10-14)23-6-8-24(9-7-23)19(26)13-32(2,28)29/h4-5,10,15H,3,6-9,11-13H2,1-2H3,(H,22,31)/t15-/m0/s1. The number of ether oxygens (including phenoxy) is 1. The van der Waals surface area contributed by atoms with Gasteiger partial charge in [-0.1, -0.05) is 19.1 Å². The molecule has 2 fully saturated rings. The largest absolute Gasteiger partial charge is 0.442 e. The number of hydrogen-bond acceptors (Lipinski definition) is 7.